The number of aliphatic carboxylic acids is 1. The summed E-state index contributed by atoms with van der Waals surface area (Å²) in [5.74, 6) is -1.41. The van der Waals surface area contributed by atoms with Crippen LogP contribution in [0.4, 0.5) is 9.93 Å². The molecule has 1 rings (SSSR count). The van der Waals surface area contributed by atoms with Crippen molar-refractivity contribution in [2.24, 2.45) is 0 Å². The molecule has 1 heterocycles. The van der Waals surface area contributed by atoms with Crippen LogP contribution in [0.15, 0.2) is 0 Å². The topological polar surface area (TPSA) is 124 Å². The second-order valence-corrected chi connectivity index (χ2v) is 6.53. The summed E-state index contributed by atoms with van der Waals surface area (Å²) in [5.41, 5.74) is -2.18. The van der Waals surface area contributed by atoms with Gasteiger partial charge in [-0.2, -0.15) is 0 Å². The summed E-state index contributed by atoms with van der Waals surface area (Å²) < 4.78 is 0. The van der Waals surface area contributed by atoms with E-state index in [1.54, 1.807) is 0 Å². The number of rotatable bonds is 4. The van der Waals surface area contributed by atoms with Crippen LogP contribution in [0.25, 0.3) is 0 Å². The molecule has 0 radical (unpaired) electrons. The lowest BCUT2D eigenvalue weighted by atomic mass is 9.98. The monoisotopic (exact) mass is 302 g/mol. The van der Waals surface area contributed by atoms with Gasteiger partial charge in [-0.05, 0) is 6.92 Å². The Balaban J connectivity index is 2.55. The van der Waals surface area contributed by atoms with E-state index in [1.165, 1.54) is 11.3 Å². The summed E-state index contributed by atoms with van der Waals surface area (Å²) in [6.07, 6.45) is 0. The molecular weight excluding hydrogens is 284 g/mol. The molecule has 0 aromatic carbocycles. The minimum absolute atomic E-state index is 0.166. The summed E-state index contributed by atoms with van der Waals surface area (Å²) >= 11 is 1.23. The number of carboxylic acids is 1. The summed E-state index contributed by atoms with van der Waals surface area (Å²) in [6, 6.07) is -0.650. The van der Waals surface area contributed by atoms with Crippen molar-refractivity contribution in [3.05, 3.63) is 5.01 Å². The lowest BCUT2D eigenvalue weighted by molar-refractivity contribution is -0.155. The van der Waals surface area contributed by atoms with Gasteiger partial charge in [0.15, 0.2) is 5.60 Å². The van der Waals surface area contributed by atoms with Crippen LogP contribution in [0.1, 0.15) is 32.7 Å². The summed E-state index contributed by atoms with van der Waals surface area (Å²) in [7, 11) is 0. The van der Waals surface area contributed by atoms with Crippen LogP contribution in [0.3, 0.4) is 0 Å². The van der Waals surface area contributed by atoms with Gasteiger partial charge >= 0.3 is 12.0 Å². The van der Waals surface area contributed by atoms with E-state index in [0.717, 1.165) is 11.9 Å². The first-order valence-electron chi connectivity index (χ1n) is 5.87. The molecule has 0 saturated carbocycles. The summed E-state index contributed by atoms with van der Waals surface area (Å²) in [5, 5.41) is 31.7. The zero-order chi connectivity index (χ0) is 15.6. The van der Waals surface area contributed by atoms with E-state index in [0.29, 0.717) is 5.13 Å². The second-order valence-electron chi connectivity index (χ2n) is 5.55. The molecule has 2 amide bonds. The van der Waals surface area contributed by atoms with Crippen LogP contribution in [0.2, 0.25) is 0 Å². The van der Waals surface area contributed by atoms with Gasteiger partial charge in [0.1, 0.15) is 5.01 Å². The third-order valence-corrected chi connectivity index (χ3v) is 3.61. The van der Waals surface area contributed by atoms with E-state index in [1.807, 2.05) is 20.8 Å². The molecule has 112 valence electrons. The van der Waals surface area contributed by atoms with Crippen molar-refractivity contribution in [3.8, 4) is 0 Å². The molecule has 0 aliphatic carbocycles. The van der Waals surface area contributed by atoms with Crippen molar-refractivity contribution < 1.29 is 19.8 Å². The number of nitrogens with one attached hydrogen (secondary N) is 2. The minimum atomic E-state index is -2.02. The van der Waals surface area contributed by atoms with Gasteiger partial charge in [0, 0.05) is 5.41 Å². The molecule has 0 fully saturated rings. The van der Waals surface area contributed by atoms with E-state index in [2.05, 4.69) is 20.8 Å². The van der Waals surface area contributed by atoms with Crippen LogP contribution in [0, 0.1) is 0 Å². The van der Waals surface area contributed by atoms with E-state index < -0.39 is 24.1 Å². The molecule has 8 nitrogen and oxygen atoms in total. The quantitative estimate of drug-likeness (QED) is 0.652. The van der Waals surface area contributed by atoms with Crippen LogP contribution in [-0.4, -0.2) is 44.6 Å². The number of amides is 2. The van der Waals surface area contributed by atoms with Crippen molar-refractivity contribution in [3.63, 3.8) is 0 Å². The van der Waals surface area contributed by atoms with E-state index >= 15 is 0 Å². The number of hydrogen-bond acceptors (Lipinski definition) is 6. The lowest BCUT2D eigenvalue weighted by Gasteiger charge is -2.18. The zero-order valence-electron chi connectivity index (χ0n) is 11.7. The lowest BCUT2D eigenvalue weighted by Crippen LogP contribution is -2.47. The number of carbonyl (C=O) groups excluding carboxylic acids is 1. The molecule has 1 unspecified atom stereocenters. The highest BCUT2D eigenvalue weighted by molar-refractivity contribution is 7.15. The molecule has 4 N–H and O–H groups in total. The molecule has 9 heteroatoms. The number of carbonyl (C=O) groups is 2. The van der Waals surface area contributed by atoms with Crippen LogP contribution >= 0.6 is 11.3 Å². The third kappa shape index (κ3) is 4.42. The Morgan fingerprint density at radius 3 is 2.30 bits per heavy atom. The predicted octanol–water partition coefficient (Wildman–Crippen LogP) is 0.793. The van der Waals surface area contributed by atoms with Gasteiger partial charge in [0.25, 0.3) is 0 Å². The van der Waals surface area contributed by atoms with Crippen LogP contribution in [-0.2, 0) is 10.2 Å². The largest absolute Gasteiger partial charge is 0.479 e. The summed E-state index contributed by atoms with van der Waals surface area (Å²) in [6.45, 7) is 6.60. The maximum Gasteiger partial charge on any atom is 0.337 e. The average Bonchev–Trinajstić information content (AvgIpc) is 2.74. The van der Waals surface area contributed by atoms with Gasteiger partial charge < -0.3 is 15.5 Å². The van der Waals surface area contributed by atoms with Gasteiger partial charge in [-0.1, -0.05) is 32.1 Å². The molecule has 0 spiro atoms. The normalized spacial score (nSPS) is 14.4. The molecule has 20 heavy (non-hydrogen) atoms. The highest BCUT2D eigenvalue weighted by atomic mass is 32.1. The molecule has 0 saturated heterocycles. The fraction of sp³-hybridized carbons (Fsp3) is 0.636. The molecule has 0 aliphatic heterocycles. The van der Waals surface area contributed by atoms with Gasteiger partial charge in [-0.15, -0.1) is 10.2 Å². The molecule has 1 aromatic rings. The molecule has 0 bridgehead atoms. The summed E-state index contributed by atoms with van der Waals surface area (Å²) in [4.78, 5) is 22.2. The van der Waals surface area contributed by atoms with E-state index in [9.17, 15) is 14.7 Å². The molecule has 0 aliphatic rings. The van der Waals surface area contributed by atoms with Crippen molar-refractivity contribution >= 4 is 28.5 Å². The van der Waals surface area contributed by atoms with Gasteiger partial charge in [0.2, 0.25) is 5.13 Å². The van der Waals surface area contributed by atoms with Crippen LogP contribution < -0.4 is 10.6 Å². The average molecular weight is 302 g/mol. The van der Waals surface area contributed by atoms with Gasteiger partial charge in [0.05, 0.1) is 6.54 Å². The van der Waals surface area contributed by atoms with Crippen molar-refractivity contribution in [2.45, 2.75) is 38.7 Å². The number of anilines is 1. The molecule has 1 atom stereocenters. The van der Waals surface area contributed by atoms with Gasteiger partial charge in [-0.3, -0.25) is 5.32 Å². The fourth-order valence-electron chi connectivity index (χ4n) is 1.05. The maximum atomic E-state index is 11.6. The Morgan fingerprint density at radius 1 is 1.25 bits per heavy atom. The van der Waals surface area contributed by atoms with Crippen molar-refractivity contribution in [1.29, 1.82) is 0 Å². The minimum Gasteiger partial charge on any atom is -0.479 e. The number of aliphatic hydroxyl groups is 1. The number of nitrogens with zero attached hydrogens (tertiary/aromatic N) is 2. The number of carboxylic acid groups (broad SMARTS) is 1. The van der Waals surface area contributed by atoms with Gasteiger partial charge in [-0.25, -0.2) is 9.59 Å². The standard InChI is InChI=1S/C11H18N4O4S/c1-10(2,3)6-14-15-9(20-6)13-8(18)12-5-11(4,19)7(16)17/h19H,5H2,1-4H3,(H,16,17)(H2,12,13,15,18). The third-order valence-electron chi connectivity index (χ3n) is 2.34. The first kappa shape index (κ1) is 16.3. The first-order valence-corrected chi connectivity index (χ1v) is 6.68. The molecule has 1 aromatic heterocycles. The molecular formula is C11H18N4O4S. The maximum absolute atomic E-state index is 11.6. The Morgan fingerprint density at radius 2 is 1.85 bits per heavy atom. The Kier molecular flexibility index (Phi) is 4.66. The van der Waals surface area contributed by atoms with Crippen LogP contribution in [0.5, 0.6) is 0 Å². The van der Waals surface area contributed by atoms with Crippen molar-refractivity contribution in [2.75, 3.05) is 11.9 Å². The number of aromatic nitrogens is 2. The van der Waals surface area contributed by atoms with E-state index in [-0.39, 0.29) is 5.41 Å². The van der Waals surface area contributed by atoms with E-state index in [4.69, 9.17) is 5.11 Å². The predicted molar refractivity (Wildman–Crippen MR) is 73.9 cm³/mol. The Hall–Kier alpha value is -1.74. The highest BCUT2D eigenvalue weighted by Gasteiger charge is 2.30. The first-order chi connectivity index (χ1) is 9.02. The smallest absolute Gasteiger partial charge is 0.337 e. The highest BCUT2D eigenvalue weighted by Crippen LogP contribution is 2.27. The Labute approximate surface area is 120 Å². The second kappa shape index (κ2) is 5.71. The zero-order valence-corrected chi connectivity index (χ0v) is 12.5. The SMILES string of the molecule is CC(O)(CNC(=O)Nc1nnc(C(C)(C)C)s1)C(=O)O. The number of urea groups is 1. The Bertz CT molecular complexity index is 507. The van der Waals surface area contributed by atoms with Crippen molar-refractivity contribution in [1.82, 2.24) is 15.5 Å². The fourth-order valence-corrected chi connectivity index (χ4v) is 1.84. The number of hydrogen-bond donors (Lipinski definition) is 4.